The fraction of sp³-hybridized carbons (Fsp3) is 0.571. The van der Waals surface area contributed by atoms with Gasteiger partial charge in [-0.05, 0) is 37.3 Å². The molecule has 1 aromatic rings. The van der Waals surface area contributed by atoms with E-state index < -0.39 is 0 Å². The Balaban J connectivity index is 1.89. The van der Waals surface area contributed by atoms with E-state index in [1.807, 2.05) is 6.07 Å². The third-order valence-corrected chi connectivity index (χ3v) is 3.64. The lowest BCUT2D eigenvalue weighted by molar-refractivity contribution is -0.125. The summed E-state index contributed by atoms with van der Waals surface area (Å²) < 4.78 is 0. The highest BCUT2D eigenvalue weighted by atomic mass is 16.1. The second-order valence-corrected chi connectivity index (χ2v) is 4.95. The molecule has 3 N–H and O–H groups in total. The van der Waals surface area contributed by atoms with Crippen LogP contribution < -0.4 is 11.1 Å². The van der Waals surface area contributed by atoms with Crippen LogP contribution in [-0.4, -0.2) is 16.9 Å². The fourth-order valence-corrected chi connectivity index (χ4v) is 2.52. The van der Waals surface area contributed by atoms with Gasteiger partial charge in [0.15, 0.2) is 0 Å². The summed E-state index contributed by atoms with van der Waals surface area (Å²) in [7, 11) is 0. The van der Waals surface area contributed by atoms with Gasteiger partial charge in [0.05, 0.1) is 12.2 Å². The minimum absolute atomic E-state index is 0.0915. The van der Waals surface area contributed by atoms with Crippen LogP contribution in [0.3, 0.4) is 0 Å². The predicted molar refractivity (Wildman–Crippen MR) is 70.8 cm³/mol. The number of nitrogens with zero attached hydrogens (tertiary/aromatic N) is 1. The Hall–Kier alpha value is -1.42. The molecular formula is C14H21N3O. The Bertz CT molecular complexity index is 419. The van der Waals surface area contributed by atoms with Crippen molar-refractivity contribution in [3.63, 3.8) is 0 Å². The van der Waals surface area contributed by atoms with Crippen LogP contribution in [0.1, 0.15) is 37.4 Å². The highest BCUT2D eigenvalue weighted by Gasteiger charge is 2.27. The number of aryl methyl sites for hydroxylation is 1. The molecule has 0 bridgehead atoms. The molecule has 1 heterocycles. The molecule has 1 aliphatic carbocycles. The number of nitrogens with two attached hydrogens (primary N) is 1. The van der Waals surface area contributed by atoms with Gasteiger partial charge in [-0.2, -0.15) is 0 Å². The lowest BCUT2D eigenvalue weighted by atomic mass is 10.1. The molecule has 2 atom stereocenters. The third-order valence-electron chi connectivity index (χ3n) is 3.64. The van der Waals surface area contributed by atoms with Crippen LogP contribution in [0, 0.1) is 5.92 Å². The summed E-state index contributed by atoms with van der Waals surface area (Å²) in [6.07, 6.45) is 5.39. The minimum Gasteiger partial charge on any atom is -0.350 e. The van der Waals surface area contributed by atoms with Crippen molar-refractivity contribution in [3.05, 3.63) is 29.6 Å². The van der Waals surface area contributed by atoms with Crippen molar-refractivity contribution < 1.29 is 4.79 Å². The van der Waals surface area contributed by atoms with Crippen molar-refractivity contribution in [2.75, 3.05) is 0 Å². The van der Waals surface area contributed by atoms with Crippen LogP contribution in [0.4, 0.5) is 0 Å². The lowest BCUT2D eigenvalue weighted by Crippen LogP contribution is -2.30. The molecule has 2 unspecified atom stereocenters. The highest BCUT2D eigenvalue weighted by Crippen LogP contribution is 2.24. The molecule has 18 heavy (non-hydrogen) atoms. The van der Waals surface area contributed by atoms with Gasteiger partial charge in [0, 0.05) is 18.2 Å². The molecule has 1 aliphatic rings. The molecule has 1 aromatic heterocycles. The second kappa shape index (κ2) is 5.96. The predicted octanol–water partition coefficient (Wildman–Crippen LogP) is 1.39. The van der Waals surface area contributed by atoms with Crippen molar-refractivity contribution in [2.24, 2.45) is 11.7 Å². The molecule has 1 fully saturated rings. The highest BCUT2D eigenvalue weighted by molar-refractivity contribution is 5.78. The van der Waals surface area contributed by atoms with Crippen LogP contribution in [0.5, 0.6) is 0 Å². The van der Waals surface area contributed by atoms with Gasteiger partial charge in [0.2, 0.25) is 5.91 Å². The first kappa shape index (κ1) is 13.0. The first-order valence-electron chi connectivity index (χ1n) is 6.66. The number of pyridine rings is 1. The first-order valence-corrected chi connectivity index (χ1v) is 6.66. The van der Waals surface area contributed by atoms with Gasteiger partial charge in [-0.15, -0.1) is 0 Å². The zero-order valence-electron chi connectivity index (χ0n) is 10.9. The number of carbonyl (C=O) groups is 1. The van der Waals surface area contributed by atoms with Gasteiger partial charge in [0.1, 0.15) is 0 Å². The number of amides is 1. The summed E-state index contributed by atoms with van der Waals surface area (Å²) in [5, 5.41) is 2.98. The molecule has 4 nitrogen and oxygen atoms in total. The molecular weight excluding hydrogens is 226 g/mol. The molecule has 2 rings (SSSR count). The summed E-state index contributed by atoms with van der Waals surface area (Å²) in [6.45, 7) is 2.62. The van der Waals surface area contributed by atoms with Crippen molar-refractivity contribution in [1.29, 1.82) is 0 Å². The van der Waals surface area contributed by atoms with Crippen LogP contribution in [0.25, 0.3) is 0 Å². The van der Waals surface area contributed by atoms with E-state index in [0.717, 1.165) is 31.4 Å². The number of hydrogen-bond donors (Lipinski definition) is 2. The zero-order valence-corrected chi connectivity index (χ0v) is 10.9. The second-order valence-electron chi connectivity index (χ2n) is 4.95. The van der Waals surface area contributed by atoms with E-state index in [-0.39, 0.29) is 17.9 Å². The topological polar surface area (TPSA) is 68.0 Å². The summed E-state index contributed by atoms with van der Waals surface area (Å²) in [6, 6.07) is 4.18. The number of carbonyl (C=O) groups excluding carboxylic acids is 1. The van der Waals surface area contributed by atoms with Gasteiger partial charge in [-0.3, -0.25) is 9.78 Å². The number of nitrogens with one attached hydrogen (secondary N) is 1. The Morgan fingerprint density at radius 3 is 3.06 bits per heavy atom. The normalized spacial score (nSPS) is 23.0. The van der Waals surface area contributed by atoms with Gasteiger partial charge in [-0.25, -0.2) is 0 Å². The molecule has 0 aromatic carbocycles. The van der Waals surface area contributed by atoms with E-state index in [2.05, 4.69) is 23.3 Å². The van der Waals surface area contributed by atoms with Crippen LogP contribution in [0.2, 0.25) is 0 Å². The lowest BCUT2D eigenvalue weighted by Gasteiger charge is -2.12. The average Bonchev–Trinajstić information content (AvgIpc) is 2.83. The van der Waals surface area contributed by atoms with Crippen molar-refractivity contribution >= 4 is 5.91 Å². The van der Waals surface area contributed by atoms with E-state index in [0.29, 0.717) is 6.54 Å². The maximum Gasteiger partial charge on any atom is 0.223 e. The van der Waals surface area contributed by atoms with E-state index >= 15 is 0 Å². The summed E-state index contributed by atoms with van der Waals surface area (Å²) in [4.78, 5) is 16.3. The molecule has 0 radical (unpaired) electrons. The molecule has 0 aliphatic heterocycles. The van der Waals surface area contributed by atoms with Crippen molar-refractivity contribution in [3.8, 4) is 0 Å². The summed E-state index contributed by atoms with van der Waals surface area (Å²) >= 11 is 0. The molecule has 0 saturated heterocycles. The van der Waals surface area contributed by atoms with Gasteiger partial charge >= 0.3 is 0 Å². The molecule has 1 saturated carbocycles. The van der Waals surface area contributed by atoms with Crippen molar-refractivity contribution in [2.45, 2.75) is 45.2 Å². The monoisotopic (exact) mass is 247 g/mol. The maximum absolute atomic E-state index is 12.0. The number of hydrogen-bond acceptors (Lipinski definition) is 3. The Labute approximate surface area is 108 Å². The van der Waals surface area contributed by atoms with Gasteiger partial charge < -0.3 is 11.1 Å². The number of rotatable bonds is 4. The van der Waals surface area contributed by atoms with Crippen LogP contribution in [-0.2, 0) is 17.8 Å². The van der Waals surface area contributed by atoms with Crippen LogP contribution in [0.15, 0.2) is 18.3 Å². The first-order chi connectivity index (χ1) is 8.70. The van der Waals surface area contributed by atoms with E-state index in [4.69, 9.17) is 5.73 Å². The molecule has 4 heteroatoms. The fourth-order valence-electron chi connectivity index (χ4n) is 2.52. The minimum atomic E-state index is 0.0915. The van der Waals surface area contributed by atoms with Gasteiger partial charge in [-0.1, -0.05) is 13.0 Å². The summed E-state index contributed by atoms with van der Waals surface area (Å²) in [5.41, 5.74) is 7.99. The molecule has 98 valence electrons. The van der Waals surface area contributed by atoms with Crippen LogP contribution >= 0.6 is 0 Å². The van der Waals surface area contributed by atoms with Gasteiger partial charge in [0.25, 0.3) is 0 Å². The smallest absolute Gasteiger partial charge is 0.223 e. The number of aromatic nitrogens is 1. The molecule has 1 amide bonds. The Morgan fingerprint density at radius 2 is 2.39 bits per heavy atom. The zero-order chi connectivity index (χ0) is 13.0. The van der Waals surface area contributed by atoms with E-state index in [1.165, 1.54) is 5.56 Å². The third kappa shape index (κ3) is 3.07. The van der Waals surface area contributed by atoms with Crippen molar-refractivity contribution in [1.82, 2.24) is 10.3 Å². The molecule has 0 spiro atoms. The average molecular weight is 247 g/mol. The Kier molecular flexibility index (Phi) is 4.31. The standard InChI is InChI=1S/C14H21N3O/c1-2-10-4-3-7-16-13(10)9-17-14(18)11-5-6-12(15)8-11/h3-4,7,11-12H,2,5-6,8-9,15H2,1H3,(H,17,18). The quantitative estimate of drug-likeness (QED) is 0.844. The van der Waals surface area contributed by atoms with E-state index in [9.17, 15) is 4.79 Å². The maximum atomic E-state index is 12.0. The van der Waals surface area contributed by atoms with E-state index in [1.54, 1.807) is 6.20 Å². The SMILES string of the molecule is CCc1cccnc1CNC(=O)C1CCC(N)C1. The Morgan fingerprint density at radius 1 is 1.56 bits per heavy atom. The summed E-state index contributed by atoms with van der Waals surface area (Å²) in [5.74, 6) is 0.212. The largest absolute Gasteiger partial charge is 0.350 e.